The number of hydrogen-bond acceptors (Lipinski definition) is 4. The molecule has 2 heterocycles. The monoisotopic (exact) mass is 500 g/mol. The molecule has 0 amide bonds. The smallest absolute Gasteiger partial charge is 0.134 e. The highest BCUT2D eigenvalue weighted by atomic mass is 32.2. The fraction of sp³-hybridized carbons (Fsp3) is 0.241. The Morgan fingerprint density at radius 2 is 1.86 bits per heavy atom. The van der Waals surface area contributed by atoms with Gasteiger partial charge in [0.25, 0.3) is 0 Å². The molecule has 0 radical (unpaired) electrons. The molecular weight excluding hydrogens is 468 g/mol. The minimum absolute atomic E-state index is 0.542. The van der Waals surface area contributed by atoms with Crippen LogP contribution in [-0.4, -0.2) is 65.1 Å². The van der Waals surface area contributed by atoms with Gasteiger partial charge in [-0.25, -0.2) is 4.31 Å². The van der Waals surface area contributed by atoms with Crippen molar-refractivity contribution in [2.75, 3.05) is 43.9 Å². The Hall–Kier alpha value is -3.73. The summed E-state index contributed by atoms with van der Waals surface area (Å²) in [7, 11) is -2.15. The third kappa shape index (κ3) is 5.25. The lowest BCUT2D eigenvalue weighted by Gasteiger charge is -2.36. The molecule has 1 saturated heterocycles. The van der Waals surface area contributed by atoms with E-state index < -0.39 is 9.71 Å². The Bertz CT molecular complexity index is 1520. The van der Waals surface area contributed by atoms with Crippen LogP contribution in [0, 0.1) is 12.3 Å². The van der Waals surface area contributed by atoms with Crippen LogP contribution in [0.4, 0.5) is 5.69 Å². The van der Waals surface area contributed by atoms with Crippen molar-refractivity contribution in [3.63, 3.8) is 0 Å². The first kappa shape index (κ1) is 25.4. The Labute approximate surface area is 213 Å². The zero-order valence-electron chi connectivity index (χ0n) is 20.9. The van der Waals surface area contributed by atoms with Crippen molar-refractivity contribution in [2.24, 2.45) is 4.99 Å². The van der Waals surface area contributed by atoms with E-state index in [1.54, 1.807) is 6.26 Å². The zero-order valence-corrected chi connectivity index (χ0v) is 21.7. The summed E-state index contributed by atoms with van der Waals surface area (Å²) in [6, 6.07) is 16.1. The van der Waals surface area contributed by atoms with Crippen LogP contribution in [-0.2, 0) is 9.71 Å². The molecule has 186 valence electrons. The molecule has 6 nitrogen and oxygen atoms in total. The van der Waals surface area contributed by atoms with Gasteiger partial charge in [-0.15, -0.1) is 6.42 Å². The summed E-state index contributed by atoms with van der Waals surface area (Å²) >= 11 is 0. The second-order valence-corrected chi connectivity index (χ2v) is 11.2. The van der Waals surface area contributed by atoms with Gasteiger partial charge in [-0.3, -0.25) is 9.20 Å². The largest absolute Gasteiger partial charge is 0.493 e. The molecule has 0 saturated carbocycles. The minimum atomic E-state index is -2.15. The Morgan fingerprint density at radius 3 is 2.44 bits per heavy atom. The molecule has 1 aliphatic rings. The van der Waals surface area contributed by atoms with Gasteiger partial charge in [0.1, 0.15) is 5.75 Å². The molecule has 0 aliphatic carbocycles. The summed E-state index contributed by atoms with van der Waals surface area (Å²) in [6.07, 6.45) is 7.41. The van der Waals surface area contributed by atoms with Crippen LogP contribution < -0.4 is 20.2 Å². The number of terminal acetylenes is 1. The van der Waals surface area contributed by atoms with Crippen molar-refractivity contribution in [2.45, 2.75) is 6.92 Å². The van der Waals surface area contributed by atoms with Crippen LogP contribution >= 0.6 is 0 Å². The number of aliphatic imine (C=N–C) groups is 1. The van der Waals surface area contributed by atoms with E-state index in [0.29, 0.717) is 23.6 Å². The number of piperazine rings is 1. The van der Waals surface area contributed by atoms with Gasteiger partial charge in [-0.05, 0) is 61.5 Å². The average Bonchev–Trinajstić information content (AvgIpc) is 3.26. The van der Waals surface area contributed by atoms with Gasteiger partial charge in [0.15, 0.2) is 0 Å². The summed E-state index contributed by atoms with van der Waals surface area (Å²) < 4.78 is 19.8. The summed E-state index contributed by atoms with van der Waals surface area (Å²) in [5.74, 6) is 7.17. The molecule has 1 aliphatic heterocycles. The van der Waals surface area contributed by atoms with Crippen LogP contribution in [0.5, 0.6) is 5.75 Å². The lowest BCUT2D eigenvalue weighted by molar-refractivity contribution is 0.339. The first-order valence-electron chi connectivity index (χ1n) is 11.8. The topological polar surface area (TPSA) is 60.9 Å². The van der Waals surface area contributed by atoms with Gasteiger partial charge in [0, 0.05) is 69.7 Å². The van der Waals surface area contributed by atoms with Gasteiger partial charge in [0.2, 0.25) is 0 Å². The summed E-state index contributed by atoms with van der Waals surface area (Å²) in [5.41, 5.74) is 5.35. The van der Waals surface area contributed by atoms with Crippen LogP contribution in [0.3, 0.4) is 0 Å². The predicted molar refractivity (Wildman–Crippen MR) is 154 cm³/mol. The van der Waals surface area contributed by atoms with E-state index >= 15 is 0 Å². The minimum Gasteiger partial charge on any atom is -0.493 e. The second kappa shape index (κ2) is 10.5. The van der Waals surface area contributed by atoms with Crippen LogP contribution in [0.2, 0.25) is 0 Å². The number of aromatic amines is 1. The summed E-state index contributed by atoms with van der Waals surface area (Å²) in [6.45, 7) is 13.6. The summed E-state index contributed by atoms with van der Waals surface area (Å²) in [4.78, 5) is 10.00. The third-order valence-corrected chi connectivity index (χ3v) is 7.81. The molecular formula is C29H32N4O2S. The number of ether oxygens (including phenoxy) is 1. The van der Waals surface area contributed by atoms with Gasteiger partial charge in [0.05, 0.1) is 17.9 Å². The van der Waals surface area contributed by atoms with E-state index in [4.69, 9.17) is 11.2 Å². The second-order valence-electron chi connectivity index (χ2n) is 8.79. The van der Waals surface area contributed by atoms with E-state index in [1.807, 2.05) is 35.5 Å². The number of anilines is 1. The molecule has 1 unspecified atom stereocenters. The highest BCUT2D eigenvalue weighted by Crippen LogP contribution is 2.25. The average molecular weight is 501 g/mol. The van der Waals surface area contributed by atoms with Crippen LogP contribution in [0.1, 0.15) is 18.1 Å². The Balaban J connectivity index is 1.62. The van der Waals surface area contributed by atoms with Gasteiger partial charge >= 0.3 is 0 Å². The fourth-order valence-corrected chi connectivity index (χ4v) is 5.39. The van der Waals surface area contributed by atoms with Crippen molar-refractivity contribution in [3.05, 3.63) is 70.2 Å². The number of hydrogen-bond donors (Lipinski definition) is 1. The van der Waals surface area contributed by atoms with Crippen molar-refractivity contribution < 1.29 is 8.95 Å². The third-order valence-electron chi connectivity index (χ3n) is 6.35. The highest BCUT2D eigenvalue weighted by molar-refractivity contribution is 7.97. The van der Waals surface area contributed by atoms with Crippen LogP contribution in [0.25, 0.3) is 23.5 Å². The Kier molecular flexibility index (Phi) is 7.39. The lowest BCUT2D eigenvalue weighted by atomic mass is 10.1. The van der Waals surface area contributed by atoms with E-state index in [1.165, 1.54) is 0 Å². The number of aromatic nitrogens is 1. The molecule has 4 rings (SSSR count). The summed E-state index contributed by atoms with van der Waals surface area (Å²) in [5, 5.41) is 1.61. The van der Waals surface area contributed by atoms with E-state index in [9.17, 15) is 4.21 Å². The van der Waals surface area contributed by atoms with Crippen molar-refractivity contribution in [1.29, 1.82) is 0 Å². The fourth-order valence-electron chi connectivity index (χ4n) is 4.45. The quantitative estimate of drug-likeness (QED) is 0.308. The standard InChI is InChI=1S/C29H32N4O2S/c1-7-22-19-24(11-14-28(22)35-8-2)29(30-4)26-20-27(31-21(26)3)23-9-12-25(13-10-23)32-15-17-33(18-16-32)36(5,6)34/h1,9-14,19-20,31H,3-5,8,15-18H2,2,6H3/b29-26-. The first-order valence-corrected chi connectivity index (χ1v) is 13.9. The number of benzene rings is 2. The molecule has 3 aromatic rings. The number of nitrogens with one attached hydrogen (secondary N) is 1. The molecule has 7 heteroatoms. The molecule has 1 N–H and O–H groups in total. The van der Waals surface area contributed by atoms with Crippen LogP contribution in [0.15, 0.2) is 53.5 Å². The predicted octanol–water partition coefficient (Wildman–Crippen LogP) is 2.71. The van der Waals surface area contributed by atoms with Crippen molar-refractivity contribution in [3.8, 4) is 29.4 Å². The number of rotatable bonds is 7. The zero-order chi connectivity index (χ0) is 25.9. The molecule has 36 heavy (non-hydrogen) atoms. The molecule has 2 aromatic carbocycles. The lowest BCUT2D eigenvalue weighted by Crippen LogP contribution is -2.48. The van der Waals surface area contributed by atoms with Crippen molar-refractivity contribution in [1.82, 2.24) is 9.29 Å². The first-order chi connectivity index (χ1) is 17.2. The van der Waals surface area contributed by atoms with Gasteiger partial charge in [-0.1, -0.05) is 24.6 Å². The number of nitrogens with zero attached hydrogens (tertiary/aromatic N) is 3. The molecule has 1 fully saturated rings. The maximum Gasteiger partial charge on any atom is 0.134 e. The van der Waals surface area contributed by atoms with Gasteiger partial charge in [-0.2, -0.15) is 0 Å². The maximum atomic E-state index is 12.2. The SMILES string of the molecule is C#Cc1cc(/C(N=C)=c2\cc(-c3ccc(N4CCN(S(=C)(C)=O)CC4)cc3)[nH]c2=C)ccc1OCC. The molecule has 0 bridgehead atoms. The van der Waals surface area contributed by atoms with E-state index in [0.717, 1.165) is 59.3 Å². The molecule has 1 aromatic heterocycles. The van der Waals surface area contributed by atoms with E-state index in [2.05, 4.69) is 64.2 Å². The van der Waals surface area contributed by atoms with Gasteiger partial charge < -0.3 is 14.6 Å². The Morgan fingerprint density at radius 1 is 1.17 bits per heavy atom. The molecule has 0 spiro atoms. The van der Waals surface area contributed by atoms with E-state index in [-0.39, 0.29) is 0 Å². The maximum absolute atomic E-state index is 12.2. The normalized spacial score (nSPS) is 16.6. The number of H-pyrrole nitrogens is 1. The molecule has 1 atom stereocenters. The van der Waals surface area contributed by atoms with Crippen molar-refractivity contribution >= 4 is 40.3 Å². The highest BCUT2D eigenvalue weighted by Gasteiger charge is 2.20.